The maximum Gasteiger partial charge on any atom is 0.305 e. The molecule has 1 saturated carbocycles. The molecule has 0 N–H and O–H groups in total. The van der Waals surface area contributed by atoms with Gasteiger partial charge >= 0.3 is 5.97 Å². The topological polar surface area (TPSA) is 52.6 Å². The van der Waals surface area contributed by atoms with Crippen molar-refractivity contribution in [2.45, 2.75) is 38.4 Å². The van der Waals surface area contributed by atoms with Crippen LogP contribution in [0, 0.1) is 0 Å². The number of ether oxygens (including phenoxy) is 2. The first-order valence-electron chi connectivity index (χ1n) is 4.34. The molecule has 0 bridgehead atoms. The number of rotatable bonds is 2. The van der Waals surface area contributed by atoms with Gasteiger partial charge in [-0.15, -0.1) is 0 Å². The summed E-state index contributed by atoms with van der Waals surface area (Å²) < 4.78 is 10.2. The smallest absolute Gasteiger partial charge is 0.305 e. The molecule has 0 saturated heterocycles. The lowest BCUT2D eigenvalue weighted by Crippen LogP contribution is -2.40. The number of esters is 1. The van der Waals surface area contributed by atoms with E-state index in [1.54, 1.807) is 0 Å². The summed E-state index contributed by atoms with van der Waals surface area (Å²) in [6.45, 7) is 1.34. The van der Waals surface area contributed by atoms with Crippen molar-refractivity contribution in [3.63, 3.8) is 0 Å². The minimum atomic E-state index is -0.847. The van der Waals surface area contributed by atoms with Gasteiger partial charge < -0.3 is 9.47 Å². The lowest BCUT2D eigenvalue weighted by Gasteiger charge is -2.34. The fourth-order valence-electron chi connectivity index (χ4n) is 1.52. The van der Waals surface area contributed by atoms with Gasteiger partial charge in [0.15, 0.2) is 0 Å². The van der Waals surface area contributed by atoms with Gasteiger partial charge in [-0.3, -0.25) is 9.59 Å². The Morgan fingerprint density at radius 3 is 2.31 bits per heavy atom. The zero-order chi connectivity index (χ0) is 9.90. The molecule has 4 heteroatoms. The third kappa shape index (κ3) is 2.52. The highest BCUT2D eigenvalue weighted by Gasteiger charge is 2.37. The average molecular weight is 186 g/mol. The predicted octanol–water partition coefficient (Wildman–Crippen LogP) is 1.04. The average Bonchev–Trinajstić information content (AvgIpc) is 2.09. The minimum absolute atomic E-state index is 0.208. The predicted molar refractivity (Wildman–Crippen MR) is 45.0 cm³/mol. The van der Waals surface area contributed by atoms with Crippen LogP contribution in [0.3, 0.4) is 0 Å². The molecule has 1 rings (SSSR count). The SMILES string of the molecule is COC1(OC(C)=O)CCC(=O)CC1. The Morgan fingerprint density at radius 2 is 1.92 bits per heavy atom. The van der Waals surface area contributed by atoms with E-state index < -0.39 is 5.79 Å². The summed E-state index contributed by atoms with van der Waals surface area (Å²) in [6, 6.07) is 0. The lowest BCUT2D eigenvalue weighted by molar-refractivity contribution is -0.230. The molecule has 0 radical (unpaired) electrons. The molecule has 0 aromatic carbocycles. The number of hydrogen-bond donors (Lipinski definition) is 0. The first-order valence-corrected chi connectivity index (χ1v) is 4.34. The van der Waals surface area contributed by atoms with Gasteiger partial charge in [0.1, 0.15) is 5.78 Å². The van der Waals surface area contributed by atoms with Gasteiger partial charge in [-0.05, 0) is 0 Å². The van der Waals surface area contributed by atoms with E-state index in [4.69, 9.17) is 9.47 Å². The van der Waals surface area contributed by atoms with Crippen LogP contribution in [0.25, 0.3) is 0 Å². The highest BCUT2D eigenvalue weighted by atomic mass is 16.7. The highest BCUT2D eigenvalue weighted by Crippen LogP contribution is 2.30. The van der Waals surface area contributed by atoms with Gasteiger partial charge in [-0.25, -0.2) is 0 Å². The zero-order valence-electron chi connectivity index (χ0n) is 7.96. The molecule has 1 aliphatic rings. The van der Waals surface area contributed by atoms with Crippen molar-refractivity contribution >= 4 is 11.8 Å². The van der Waals surface area contributed by atoms with Crippen molar-refractivity contribution in [3.05, 3.63) is 0 Å². The second-order valence-electron chi connectivity index (χ2n) is 3.25. The summed E-state index contributed by atoms with van der Waals surface area (Å²) in [4.78, 5) is 21.7. The molecule has 0 heterocycles. The molecule has 4 nitrogen and oxygen atoms in total. The first-order chi connectivity index (χ1) is 6.08. The molecule has 0 aromatic rings. The summed E-state index contributed by atoms with van der Waals surface area (Å²) in [6.07, 6.45) is 1.81. The third-order valence-corrected chi connectivity index (χ3v) is 2.27. The van der Waals surface area contributed by atoms with Crippen molar-refractivity contribution in [1.29, 1.82) is 0 Å². The van der Waals surface area contributed by atoms with E-state index in [9.17, 15) is 9.59 Å². The van der Waals surface area contributed by atoms with E-state index in [0.717, 1.165) is 0 Å². The van der Waals surface area contributed by atoms with E-state index in [1.807, 2.05) is 0 Å². The summed E-state index contributed by atoms with van der Waals surface area (Å²) >= 11 is 0. The maximum atomic E-state index is 11.0. The largest absolute Gasteiger partial charge is 0.433 e. The molecule has 0 aliphatic heterocycles. The van der Waals surface area contributed by atoms with Gasteiger partial charge in [-0.1, -0.05) is 0 Å². The van der Waals surface area contributed by atoms with Crippen LogP contribution in [-0.4, -0.2) is 24.6 Å². The van der Waals surface area contributed by atoms with Crippen molar-refractivity contribution < 1.29 is 19.1 Å². The third-order valence-electron chi connectivity index (χ3n) is 2.27. The number of carbonyl (C=O) groups is 2. The molecule has 0 unspecified atom stereocenters. The summed E-state index contributed by atoms with van der Waals surface area (Å²) in [7, 11) is 1.50. The Morgan fingerprint density at radius 1 is 1.38 bits per heavy atom. The maximum absolute atomic E-state index is 11.0. The first kappa shape index (κ1) is 10.2. The summed E-state index contributed by atoms with van der Waals surface area (Å²) in [5.41, 5.74) is 0. The second-order valence-corrected chi connectivity index (χ2v) is 3.25. The molecule has 1 fully saturated rings. The normalized spacial score (nSPS) is 21.2. The minimum Gasteiger partial charge on any atom is -0.433 e. The van der Waals surface area contributed by atoms with Gasteiger partial charge in [0.25, 0.3) is 0 Å². The summed E-state index contributed by atoms with van der Waals surface area (Å²) in [5, 5.41) is 0. The number of carbonyl (C=O) groups excluding carboxylic acids is 2. The van der Waals surface area contributed by atoms with E-state index in [2.05, 4.69) is 0 Å². The van der Waals surface area contributed by atoms with Crippen LogP contribution >= 0.6 is 0 Å². The molecule has 0 amide bonds. The molecular formula is C9H14O4. The van der Waals surface area contributed by atoms with Crippen molar-refractivity contribution in [2.75, 3.05) is 7.11 Å². The Labute approximate surface area is 77.2 Å². The number of methoxy groups -OCH3 is 1. The van der Waals surface area contributed by atoms with Gasteiger partial charge in [0.2, 0.25) is 5.79 Å². The van der Waals surface area contributed by atoms with E-state index in [1.165, 1.54) is 14.0 Å². The van der Waals surface area contributed by atoms with E-state index >= 15 is 0 Å². The summed E-state index contributed by atoms with van der Waals surface area (Å²) in [5.74, 6) is -1.00. The Kier molecular flexibility index (Phi) is 3.03. The molecule has 0 aromatic heterocycles. The molecule has 13 heavy (non-hydrogen) atoms. The molecule has 0 atom stereocenters. The fraction of sp³-hybridized carbons (Fsp3) is 0.778. The van der Waals surface area contributed by atoms with Crippen LogP contribution in [0.4, 0.5) is 0 Å². The van der Waals surface area contributed by atoms with Crippen LogP contribution in [-0.2, 0) is 19.1 Å². The van der Waals surface area contributed by atoms with Gasteiger partial charge in [0.05, 0.1) is 0 Å². The quantitative estimate of drug-likeness (QED) is 0.477. The van der Waals surface area contributed by atoms with Crippen LogP contribution < -0.4 is 0 Å². The molecule has 0 spiro atoms. The Bertz CT molecular complexity index is 212. The Balaban J connectivity index is 2.60. The molecule has 1 aliphatic carbocycles. The van der Waals surface area contributed by atoms with Crippen LogP contribution in [0.5, 0.6) is 0 Å². The second kappa shape index (κ2) is 3.87. The van der Waals surface area contributed by atoms with Gasteiger partial charge in [-0.2, -0.15) is 0 Å². The van der Waals surface area contributed by atoms with Crippen LogP contribution in [0.1, 0.15) is 32.6 Å². The fourth-order valence-corrected chi connectivity index (χ4v) is 1.52. The van der Waals surface area contributed by atoms with Crippen molar-refractivity contribution in [1.82, 2.24) is 0 Å². The van der Waals surface area contributed by atoms with E-state index in [0.29, 0.717) is 25.7 Å². The number of ketones is 1. The zero-order valence-corrected chi connectivity index (χ0v) is 7.96. The molecule has 74 valence electrons. The standard InChI is InChI=1S/C9H14O4/c1-7(10)13-9(12-2)5-3-8(11)4-6-9/h3-6H2,1-2H3. The van der Waals surface area contributed by atoms with Gasteiger partial charge in [0, 0.05) is 39.7 Å². The van der Waals surface area contributed by atoms with Crippen LogP contribution in [0.2, 0.25) is 0 Å². The highest BCUT2D eigenvalue weighted by molar-refractivity contribution is 5.79. The van der Waals surface area contributed by atoms with E-state index in [-0.39, 0.29) is 11.8 Å². The van der Waals surface area contributed by atoms with Crippen molar-refractivity contribution in [3.8, 4) is 0 Å². The molecular weight excluding hydrogens is 172 g/mol. The van der Waals surface area contributed by atoms with Crippen molar-refractivity contribution in [2.24, 2.45) is 0 Å². The lowest BCUT2D eigenvalue weighted by atomic mass is 9.93. The van der Waals surface area contributed by atoms with Crippen LogP contribution in [0.15, 0.2) is 0 Å². The number of Topliss-reactive ketones (excluding diaryl/α,β-unsaturated/α-hetero) is 1. The number of hydrogen-bond acceptors (Lipinski definition) is 4. The monoisotopic (exact) mass is 186 g/mol. The Hall–Kier alpha value is -0.900.